The van der Waals surface area contributed by atoms with Gasteiger partial charge in [-0.25, -0.2) is 4.79 Å². The molecule has 0 aromatic heterocycles. The predicted molar refractivity (Wildman–Crippen MR) is 73.0 cm³/mol. The van der Waals surface area contributed by atoms with Crippen LogP contribution in [0, 0.1) is 5.92 Å². The molecule has 0 aliphatic carbocycles. The minimum Gasteiger partial charge on any atom is -0.394 e. The number of amides is 2. The highest BCUT2D eigenvalue weighted by atomic mass is 16.5. The molecule has 110 valence electrons. The maximum absolute atomic E-state index is 12.5. The average molecular weight is 270 g/mol. The summed E-state index contributed by atoms with van der Waals surface area (Å²) < 4.78 is 5.75. The number of aliphatic hydroxyl groups is 1. The van der Waals surface area contributed by atoms with Gasteiger partial charge in [-0.05, 0) is 32.6 Å². The van der Waals surface area contributed by atoms with Crippen molar-refractivity contribution < 1.29 is 14.6 Å². The van der Waals surface area contributed by atoms with Crippen LogP contribution in [0.3, 0.4) is 0 Å². The molecule has 2 aliphatic rings. The van der Waals surface area contributed by atoms with E-state index in [4.69, 9.17) is 4.74 Å². The van der Waals surface area contributed by atoms with Crippen LogP contribution in [-0.2, 0) is 4.74 Å². The number of hydrogen-bond acceptors (Lipinski definition) is 3. The first-order valence-corrected chi connectivity index (χ1v) is 7.24. The molecule has 1 N–H and O–H groups in total. The molecule has 19 heavy (non-hydrogen) atoms. The van der Waals surface area contributed by atoms with Crippen molar-refractivity contribution in [3.63, 3.8) is 0 Å². The number of nitrogens with zero attached hydrogens (tertiary/aromatic N) is 2. The Morgan fingerprint density at radius 1 is 1.32 bits per heavy atom. The van der Waals surface area contributed by atoms with Gasteiger partial charge in [-0.2, -0.15) is 0 Å². The van der Waals surface area contributed by atoms with Crippen molar-refractivity contribution in [2.24, 2.45) is 5.92 Å². The fraction of sp³-hybridized carbons (Fsp3) is 0.929. The topological polar surface area (TPSA) is 53.0 Å². The number of piperidine rings is 1. The van der Waals surface area contributed by atoms with Crippen LogP contribution in [0.2, 0.25) is 0 Å². The van der Waals surface area contributed by atoms with E-state index in [1.165, 1.54) is 0 Å². The number of urea groups is 1. The first kappa shape index (κ1) is 14.6. The second kappa shape index (κ2) is 5.67. The molecular formula is C14H26N2O3. The number of likely N-dealkylation sites (tertiary alicyclic amines) is 1. The van der Waals surface area contributed by atoms with E-state index in [2.05, 4.69) is 6.92 Å². The minimum atomic E-state index is -0.385. The van der Waals surface area contributed by atoms with E-state index >= 15 is 0 Å². The van der Waals surface area contributed by atoms with Gasteiger partial charge in [-0.1, -0.05) is 6.92 Å². The number of ether oxygens (including phenoxy) is 1. The van der Waals surface area contributed by atoms with E-state index in [1.807, 2.05) is 23.6 Å². The normalized spacial score (nSPS) is 28.5. The molecule has 0 saturated carbocycles. The molecule has 2 fully saturated rings. The largest absolute Gasteiger partial charge is 0.394 e. The van der Waals surface area contributed by atoms with E-state index in [-0.39, 0.29) is 24.3 Å². The summed E-state index contributed by atoms with van der Waals surface area (Å²) in [5, 5.41) is 9.29. The summed E-state index contributed by atoms with van der Waals surface area (Å²) in [6.45, 7) is 8.91. The Morgan fingerprint density at radius 2 is 1.95 bits per heavy atom. The van der Waals surface area contributed by atoms with Gasteiger partial charge in [0.15, 0.2) is 0 Å². The minimum absolute atomic E-state index is 0.0375. The lowest BCUT2D eigenvalue weighted by Crippen LogP contribution is -2.59. The maximum Gasteiger partial charge on any atom is 0.320 e. The van der Waals surface area contributed by atoms with E-state index in [0.29, 0.717) is 13.1 Å². The van der Waals surface area contributed by atoms with Gasteiger partial charge >= 0.3 is 6.03 Å². The molecule has 0 radical (unpaired) electrons. The molecule has 0 spiro atoms. The van der Waals surface area contributed by atoms with Gasteiger partial charge in [0, 0.05) is 13.1 Å². The van der Waals surface area contributed by atoms with Gasteiger partial charge in [-0.15, -0.1) is 0 Å². The van der Waals surface area contributed by atoms with Gasteiger partial charge < -0.3 is 19.6 Å². The average Bonchev–Trinajstić information content (AvgIpc) is 2.37. The molecule has 1 atom stereocenters. The number of hydrogen-bond donors (Lipinski definition) is 1. The van der Waals surface area contributed by atoms with Gasteiger partial charge in [-0.3, -0.25) is 0 Å². The lowest BCUT2D eigenvalue weighted by Gasteiger charge is -2.44. The first-order chi connectivity index (χ1) is 8.91. The monoisotopic (exact) mass is 270 g/mol. The second-order valence-electron chi connectivity index (χ2n) is 6.51. The Hall–Kier alpha value is -0.810. The summed E-state index contributed by atoms with van der Waals surface area (Å²) in [5.41, 5.74) is -0.385. The predicted octanol–water partition coefficient (Wildman–Crippen LogP) is 1.31. The summed E-state index contributed by atoms with van der Waals surface area (Å²) in [4.78, 5) is 16.3. The van der Waals surface area contributed by atoms with Crippen LogP contribution in [0.1, 0.15) is 33.6 Å². The summed E-state index contributed by atoms with van der Waals surface area (Å²) in [6, 6.07) is 0.0988. The molecule has 2 heterocycles. The summed E-state index contributed by atoms with van der Waals surface area (Å²) >= 11 is 0. The summed E-state index contributed by atoms with van der Waals surface area (Å²) in [6.07, 6.45) is 1.91. The van der Waals surface area contributed by atoms with Crippen molar-refractivity contribution in [2.75, 3.05) is 32.8 Å². The summed E-state index contributed by atoms with van der Waals surface area (Å²) in [7, 11) is 0. The van der Waals surface area contributed by atoms with Crippen molar-refractivity contribution >= 4 is 6.03 Å². The molecule has 2 aliphatic heterocycles. The smallest absolute Gasteiger partial charge is 0.320 e. The van der Waals surface area contributed by atoms with Gasteiger partial charge in [0.25, 0.3) is 0 Å². The third-order valence-corrected chi connectivity index (χ3v) is 4.01. The number of aliphatic hydroxyl groups excluding tert-OH is 1. The highest BCUT2D eigenvalue weighted by Crippen LogP contribution is 2.23. The van der Waals surface area contributed by atoms with Crippen LogP contribution >= 0.6 is 0 Å². The lowest BCUT2D eigenvalue weighted by atomic mass is 9.99. The molecule has 5 nitrogen and oxygen atoms in total. The second-order valence-corrected chi connectivity index (χ2v) is 6.51. The maximum atomic E-state index is 12.5. The van der Waals surface area contributed by atoms with Crippen LogP contribution in [-0.4, -0.2) is 65.4 Å². The Morgan fingerprint density at radius 3 is 2.53 bits per heavy atom. The molecule has 0 aromatic rings. The number of rotatable bonds is 1. The van der Waals surface area contributed by atoms with Crippen molar-refractivity contribution in [2.45, 2.75) is 45.3 Å². The van der Waals surface area contributed by atoms with E-state index in [0.717, 1.165) is 31.8 Å². The lowest BCUT2D eigenvalue weighted by molar-refractivity contribution is -0.140. The highest BCUT2D eigenvalue weighted by molar-refractivity contribution is 5.74. The highest BCUT2D eigenvalue weighted by Gasteiger charge is 2.37. The van der Waals surface area contributed by atoms with E-state index < -0.39 is 0 Å². The van der Waals surface area contributed by atoms with Crippen molar-refractivity contribution in [3.8, 4) is 0 Å². The zero-order chi connectivity index (χ0) is 14.0. The molecule has 0 aromatic carbocycles. The molecule has 0 bridgehead atoms. The third kappa shape index (κ3) is 3.60. The van der Waals surface area contributed by atoms with Crippen molar-refractivity contribution in [1.29, 1.82) is 0 Å². The van der Waals surface area contributed by atoms with Crippen LogP contribution in [0.25, 0.3) is 0 Å². The van der Waals surface area contributed by atoms with E-state index in [1.54, 1.807) is 0 Å². The standard InChI is InChI=1S/C14H26N2O3/c1-11-4-6-15(7-5-11)13(18)16-8-12(9-17)19-14(2,3)10-16/h11-12,17H,4-10H2,1-3H3. The zero-order valence-corrected chi connectivity index (χ0v) is 12.3. The Bertz CT molecular complexity index is 325. The SMILES string of the molecule is CC1CCN(C(=O)N2CC(CO)OC(C)(C)C2)CC1. The molecule has 2 rings (SSSR count). The van der Waals surface area contributed by atoms with Gasteiger partial charge in [0.2, 0.25) is 0 Å². The van der Waals surface area contributed by atoms with Gasteiger partial charge in [0.1, 0.15) is 0 Å². The number of carbonyl (C=O) groups is 1. The molecule has 2 amide bonds. The first-order valence-electron chi connectivity index (χ1n) is 7.24. The quantitative estimate of drug-likeness (QED) is 0.781. The molecular weight excluding hydrogens is 244 g/mol. The fourth-order valence-corrected chi connectivity index (χ4v) is 2.94. The molecule has 1 unspecified atom stereocenters. The molecule has 5 heteroatoms. The fourth-order valence-electron chi connectivity index (χ4n) is 2.94. The van der Waals surface area contributed by atoms with Crippen LogP contribution in [0.5, 0.6) is 0 Å². The van der Waals surface area contributed by atoms with Crippen LogP contribution in [0.4, 0.5) is 4.79 Å². The molecule has 2 saturated heterocycles. The number of morpholine rings is 1. The Balaban J connectivity index is 1.98. The van der Waals surface area contributed by atoms with Crippen molar-refractivity contribution in [1.82, 2.24) is 9.80 Å². The van der Waals surface area contributed by atoms with E-state index in [9.17, 15) is 9.90 Å². The zero-order valence-electron chi connectivity index (χ0n) is 12.3. The van der Waals surface area contributed by atoms with Crippen molar-refractivity contribution in [3.05, 3.63) is 0 Å². The van der Waals surface area contributed by atoms with Crippen LogP contribution in [0.15, 0.2) is 0 Å². The number of carbonyl (C=O) groups excluding carboxylic acids is 1. The van der Waals surface area contributed by atoms with Gasteiger partial charge in [0.05, 0.1) is 31.4 Å². The Kier molecular flexibility index (Phi) is 4.36. The summed E-state index contributed by atoms with van der Waals surface area (Å²) in [5.74, 6) is 0.718. The van der Waals surface area contributed by atoms with Crippen LogP contribution < -0.4 is 0 Å². The third-order valence-electron chi connectivity index (χ3n) is 4.01. The Labute approximate surface area is 115 Å².